The van der Waals surface area contributed by atoms with Crippen LogP contribution < -0.4 is 9.62 Å². The van der Waals surface area contributed by atoms with Crippen molar-refractivity contribution in [3.05, 3.63) is 120 Å². The normalized spacial score (nSPS) is 12.2. The van der Waals surface area contributed by atoms with Crippen LogP contribution in [0.2, 0.25) is 0 Å². The molecule has 0 bridgehead atoms. The van der Waals surface area contributed by atoms with Gasteiger partial charge in [0.05, 0.1) is 16.8 Å². The van der Waals surface area contributed by atoms with E-state index in [2.05, 4.69) is 5.32 Å². The van der Waals surface area contributed by atoms with Gasteiger partial charge in [0.1, 0.15) is 11.8 Å². The van der Waals surface area contributed by atoms with E-state index in [1.54, 1.807) is 60.9 Å². The summed E-state index contributed by atoms with van der Waals surface area (Å²) in [5.74, 6) is 0.325. The van der Waals surface area contributed by atoms with Crippen LogP contribution in [0.1, 0.15) is 33.3 Å². The van der Waals surface area contributed by atoms with Crippen LogP contribution in [0.15, 0.2) is 107 Å². The van der Waals surface area contributed by atoms with Gasteiger partial charge < -0.3 is 9.73 Å². The molecule has 0 aliphatic carbocycles. The number of carbonyl (C=O) groups is 1. The van der Waals surface area contributed by atoms with E-state index in [0.717, 1.165) is 11.1 Å². The van der Waals surface area contributed by atoms with Crippen molar-refractivity contribution in [1.29, 1.82) is 0 Å². The summed E-state index contributed by atoms with van der Waals surface area (Å²) in [5, 5.41) is 3.00. The van der Waals surface area contributed by atoms with E-state index < -0.39 is 16.1 Å². The molecule has 4 aromatic rings. The molecule has 0 saturated carbocycles. The number of hydrogen-bond acceptors (Lipinski definition) is 4. The Hall–Kier alpha value is -3.84. The van der Waals surface area contributed by atoms with Gasteiger partial charge in [0.25, 0.3) is 15.9 Å². The molecule has 0 aliphatic heterocycles. The molecular formula is C26H24N2O4S. The van der Waals surface area contributed by atoms with Gasteiger partial charge in [0.2, 0.25) is 0 Å². The lowest BCUT2D eigenvalue weighted by molar-refractivity contribution is 0.0939. The Kier molecular flexibility index (Phi) is 6.33. The first-order chi connectivity index (χ1) is 15.9. The third-order valence-electron chi connectivity index (χ3n) is 5.41. The molecule has 0 radical (unpaired) electrons. The van der Waals surface area contributed by atoms with E-state index in [9.17, 15) is 13.2 Å². The van der Waals surface area contributed by atoms with Gasteiger partial charge in [-0.25, -0.2) is 8.42 Å². The van der Waals surface area contributed by atoms with E-state index in [1.807, 2.05) is 43.3 Å². The number of aryl methyl sites for hydroxylation is 1. The molecule has 1 N–H and O–H groups in total. The summed E-state index contributed by atoms with van der Waals surface area (Å²) in [5.41, 5.74) is 2.74. The highest BCUT2D eigenvalue weighted by atomic mass is 32.2. The third-order valence-corrected chi connectivity index (χ3v) is 7.21. The van der Waals surface area contributed by atoms with E-state index in [-0.39, 0.29) is 10.8 Å². The zero-order chi connectivity index (χ0) is 23.4. The van der Waals surface area contributed by atoms with E-state index >= 15 is 0 Å². The van der Waals surface area contributed by atoms with Gasteiger partial charge in [0, 0.05) is 12.6 Å². The fourth-order valence-corrected chi connectivity index (χ4v) is 4.66. The zero-order valence-electron chi connectivity index (χ0n) is 18.3. The van der Waals surface area contributed by atoms with Gasteiger partial charge in [-0.2, -0.15) is 0 Å². The van der Waals surface area contributed by atoms with Crippen molar-refractivity contribution in [2.45, 2.75) is 17.9 Å². The minimum Gasteiger partial charge on any atom is -0.467 e. The second-order valence-corrected chi connectivity index (χ2v) is 9.63. The maximum absolute atomic E-state index is 13.0. The number of hydrogen-bond donors (Lipinski definition) is 1. The molecule has 0 saturated heterocycles. The van der Waals surface area contributed by atoms with Crippen molar-refractivity contribution in [1.82, 2.24) is 5.32 Å². The minimum absolute atomic E-state index is 0.210. The molecule has 168 valence electrons. The monoisotopic (exact) mass is 460 g/mol. The van der Waals surface area contributed by atoms with Gasteiger partial charge in [-0.05, 0) is 61.0 Å². The number of furan rings is 1. The molecule has 4 rings (SSSR count). The molecule has 0 fully saturated rings. The number of anilines is 1. The Morgan fingerprint density at radius 1 is 0.879 bits per heavy atom. The first-order valence-corrected chi connectivity index (χ1v) is 11.8. The summed E-state index contributed by atoms with van der Waals surface area (Å²) >= 11 is 0. The van der Waals surface area contributed by atoms with Gasteiger partial charge in [-0.15, -0.1) is 0 Å². The highest BCUT2D eigenvalue weighted by Gasteiger charge is 2.23. The summed E-state index contributed by atoms with van der Waals surface area (Å²) in [6.45, 7) is 1.90. The Morgan fingerprint density at radius 2 is 1.55 bits per heavy atom. The van der Waals surface area contributed by atoms with Gasteiger partial charge in [-0.1, -0.05) is 48.0 Å². The van der Waals surface area contributed by atoms with E-state index in [4.69, 9.17) is 4.42 Å². The lowest BCUT2D eigenvalue weighted by Crippen LogP contribution is -2.29. The number of nitrogens with zero attached hydrogens (tertiary/aromatic N) is 1. The summed E-state index contributed by atoms with van der Waals surface area (Å²) in [7, 11) is -2.21. The highest BCUT2D eigenvalue weighted by molar-refractivity contribution is 7.92. The average molecular weight is 461 g/mol. The third kappa shape index (κ3) is 4.83. The van der Waals surface area contributed by atoms with Crippen molar-refractivity contribution >= 4 is 21.6 Å². The molecular weight excluding hydrogens is 436 g/mol. The topological polar surface area (TPSA) is 79.6 Å². The Morgan fingerprint density at radius 3 is 2.15 bits per heavy atom. The second kappa shape index (κ2) is 9.34. The first kappa shape index (κ1) is 22.4. The summed E-state index contributed by atoms with van der Waals surface area (Å²) in [4.78, 5) is 13.2. The predicted molar refractivity (Wildman–Crippen MR) is 128 cm³/mol. The smallest absolute Gasteiger partial charge is 0.264 e. The second-order valence-electron chi connectivity index (χ2n) is 7.67. The number of nitrogens with one attached hydrogen (secondary N) is 1. The van der Waals surface area contributed by atoms with Crippen LogP contribution in [0.3, 0.4) is 0 Å². The maximum Gasteiger partial charge on any atom is 0.264 e. The van der Waals surface area contributed by atoms with Crippen LogP contribution in [-0.4, -0.2) is 21.4 Å². The minimum atomic E-state index is -3.71. The molecule has 1 unspecified atom stereocenters. The van der Waals surface area contributed by atoms with E-state index in [0.29, 0.717) is 17.0 Å². The summed E-state index contributed by atoms with van der Waals surface area (Å²) in [6.07, 6.45) is 1.57. The van der Waals surface area contributed by atoms with Crippen LogP contribution >= 0.6 is 0 Å². The Labute approximate surface area is 193 Å². The van der Waals surface area contributed by atoms with Gasteiger partial charge >= 0.3 is 0 Å². The largest absolute Gasteiger partial charge is 0.467 e. The number of rotatable bonds is 7. The standard InChI is InChI=1S/C26H24N2O4S/c1-19-10-16-23(17-11-19)33(30,31)28(2)22-14-12-21(13-15-22)26(29)27-25(24-9-6-18-32-24)20-7-4-3-5-8-20/h3-18,25H,1-2H3,(H,27,29). The van der Waals surface area contributed by atoms with Crippen molar-refractivity contribution in [2.24, 2.45) is 0 Å². The molecule has 6 nitrogen and oxygen atoms in total. The predicted octanol–water partition coefficient (Wildman–Crippen LogP) is 4.93. The van der Waals surface area contributed by atoms with E-state index in [1.165, 1.54) is 11.4 Å². The molecule has 1 aromatic heterocycles. The number of amides is 1. The number of sulfonamides is 1. The quantitative estimate of drug-likeness (QED) is 0.424. The van der Waals surface area contributed by atoms with Crippen molar-refractivity contribution in [3.8, 4) is 0 Å². The molecule has 3 aromatic carbocycles. The first-order valence-electron chi connectivity index (χ1n) is 10.4. The van der Waals surface area contributed by atoms with Crippen molar-refractivity contribution in [3.63, 3.8) is 0 Å². The molecule has 7 heteroatoms. The fraction of sp³-hybridized carbons (Fsp3) is 0.115. The molecule has 1 amide bonds. The zero-order valence-corrected chi connectivity index (χ0v) is 19.1. The number of benzene rings is 3. The Balaban J connectivity index is 1.53. The molecule has 1 heterocycles. The highest BCUT2D eigenvalue weighted by Crippen LogP contribution is 2.25. The fourth-order valence-electron chi connectivity index (χ4n) is 3.46. The number of carbonyl (C=O) groups excluding carboxylic acids is 1. The van der Waals surface area contributed by atoms with Crippen LogP contribution in [-0.2, 0) is 10.0 Å². The molecule has 0 aliphatic rings. The van der Waals surface area contributed by atoms with Gasteiger partial charge in [0.15, 0.2) is 0 Å². The van der Waals surface area contributed by atoms with Crippen LogP contribution in [0.4, 0.5) is 5.69 Å². The lowest BCUT2D eigenvalue weighted by atomic mass is 10.0. The lowest BCUT2D eigenvalue weighted by Gasteiger charge is -2.20. The Bertz CT molecular complexity index is 1320. The van der Waals surface area contributed by atoms with Crippen LogP contribution in [0.5, 0.6) is 0 Å². The summed E-state index contributed by atoms with van der Waals surface area (Å²) in [6, 6.07) is 25.8. The molecule has 33 heavy (non-hydrogen) atoms. The maximum atomic E-state index is 13.0. The average Bonchev–Trinajstić information content (AvgIpc) is 3.37. The van der Waals surface area contributed by atoms with Crippen molar-refractivity contribution < 1.29 is 17.6 Å². The summed E-state index contributed by atoms with van der Waals surface area (Å²) < 4.78 is 32.6. The van der Waals surface area contributed by atoms with Gasteiger partial charge in [-0.3, -0.25) is 9.10 Å². The molecule has 0 spiro atoms. The van der Waals surface area contributed by atoms with Crippen LogP contribution in [0, 0.1) is 6.92 Å². The van der Waals surface area contributed by atoms with Crippen LogP contribution in [0.25, 0.3) is 0 Å². The van der Waals surface area contributed by atoms with Crippen molar-refractivity contribution in [2.75, 3.05) is 11.4 Å². The SMILES string of the molecule is Cc1ccc(S(=O)(=O)N(C)c2ccc(C(=O)NC(c3ccccc3)c3ccco3)cc2)cc1. The molecule has 1 atom stereocenters.